The first-order valence-corrected chi connectivity index (χ1v) is 7.83. The average Bonchev–Trinajstić information content (AvgIpc) is 2.61. The van der Waals surface area contributed by atoms with E-state index in [-0.39, 0.29) is 0 Å². The highest BCUT2D eigenvalue weighted by atomic mass is 16.2. The van der Waals surface area contributed by atoms with Gasteiger partial charge in [-0.15, -0.1) is 0 Å². The number of nitrogens with one attached hydrogen (secondary N) is 1. The second-order valence-corrected chi connectivity index (χ2v) is 5.41. The molecule has 1 aromatic carbocycles. The van der Waals surface area contributed by atoms with E-state index in [1.807, 2.05) is 37.3 Å². The maximum Gasteiger partial charge on any atom is 0.245 e. The normalized spacial score (nSPS) is 11.4. The number of carbonyl (C=O) groups excluding carboxylic acids is 2. The number of nitriles is 1. The zero-order valence-corrected chi connectivity index (χ0v) is 13.7. The fourth-order valence-corrected chi connectivity index (χ4v) is 2.33. The second kappa shape index (κ2) is 8.02. The molecule has 0 radical (unpaired) electrons. The number of ketones is 1. The number of rotatable bonds is 6. The molecule has 1 amide bonds. The van der Waals surface area contributed by atoms with E-state index < -0.39 is 17.6 Å². The van der Waals surface area contributed by atoms with Crippen molar-refractivity contribution in [1.82, 2.24) is 10.3 Å². The molecule has 1 N–H and O–H groups in total. The topological polar surface area (TPSA) is 82.9 Å². The van der Waals surface area contributed by atoms with Crippen molar-refractivity contribution in [2.45, 2.75) is 20.3 Å². The van der Waals surface area contributed by atoms with Gasteiger partial charge in [0.1, 0.15) is 0 Å². The lowest BCUT2D eigenvalue weighted by atomic mass is 9.96. The predicted octanol–water partition coefficient (Wildman–Crippen LogP) is 2.91. The minimum absolute atomic E-state index is 0.299. The molecule has 1 aromatic heterocycles. The van der Waals surface area contributed by atoms with Crippen LogP contribution in [0.25, 0.3) is 11.3 Å². The van der Waals surface area contributed by atoms with E-state index in [2.05, 4.69) is 10.3 Å². The van der Waals surface area contributed by atoms with E-state index in [0.29, 0.717) is 17.8 Å². The lowest BCUT2D eigenvalue weighted by Crippen LogP contribution is -2.35. The molecule has 0 unspecified atom stereocenters. The van der Waals surface area contributed by atoms with Crippen molar-refractivity contribution in [3.8, 4) is 17.3 Å². The van der Waals surface area contributed by atoms with Crippen LogP contribution in [-0.4, -0.2) is 23.2 Å². The summed E-state index contributed by atoms with van der Waals surface area (Å²) in [5.41, 5.74) is 2.49. The van der Waals surface area contributed by atoms with Crippen LogP contribution in [0.5, 0.6) is 0 Å². The monoisotopic (exact) mass is 321 g/mol. The zero-order chi connectivity index (χ0) is 17.5. The molecular formula is C19H19N3O2. The van der Waals surface area contributed by atoms with Crippen molar-refractivity contribution >= 4 is 11.7 Å². The van der Waals surface area contributed by atoms with Crippen LogP contribution in [0.2, 0.25) is 0 Å². The lowest BCUT2D eigenvalue weighted by molar-refractivity contribution is -0.122. The Morgan fingerprint density at radius 2 is 1.92 bits per heavy atom. The highest BCUT2D eigenvalue weighted by molar-refractivity contribution is 6.12. The number of Topliss-reactive ketones (excluding diaryl/α,β-unsaturated/α-hetero) is 1. The van der Waals surface area contributed by atoms with Crippen LogP contribution >= 0.6 is 0 Å². The maximum atomic E-state index is 12.5. The van der Waals surface area contributed by atoms with Crippen LogP contribution < -0.4 is 5.32 Å². The van der Waals surface area contributed by atoms with E-state index in [4.69, 9.17) is 0 Å². The molecule has 0 aliphatic heterocycles. The Morgan fingerprint density at radius 1 is 1.21 bits per heavy atom. The van der Waals surface area contributed by atoms with Gasteiger partial charge in [0, 0.05) is 23.4 Å². The Kier molecular flexibility index (Phi) is 5.80. The van der Waals surface area contributed by atoms with E-state index >= 15 is 0 Å². The van der Waals surface area contributed by atoms with Crippen molar-refractivity contribution in [2.75, 3.05) is 6.54 Å². The van der Waals surface area contributed by atoms with E-state index in [1.165, 1.54) is 0 Å². The minimum atomic E-state index is -1.35. The third kappa shape index (κ3) is 3.85. The van der Waals surface area contributed by atoms with Gasteiger partial charge in [-0.3, -0.25) is 14.6 Å². The van der Waals surface area contributed by atoms with Gasteiger partial charge in [0.05, 0.1) is 11.8 Å². The third-order valence-corrected chi connectivity index (χ3v) is 3.62. The van der Waals surface area contributed by atoms with Gasteiger partial charge in [0.15, 0.2) is 11.7 Å². The first-order chi connectivity index (χ1) is 11.6. The first-order valence-electron chi connectivity index (χ1n) is 7.83. The van der Waals surface area contributed by atoms with Gasteiger partial charge in [-0.05, 0) is 25.5 Å². The molecule has 0 bridgehead atoms. The molecule has 0 saturated heterocycles. The fraction of sp³-hybridized carbons (Fsp3) is 0.263. The summed E-state index contributed by atoms with van der Waals surface area (Å²) in [4.78, 5) is 28.9. The van der Waals surface area contributed by atoms with Crippen molar-refractivity contribution in [3.05, 3.63) is 53.7 Å². The summed E-state index contributed by atoms with van der Waals surface area (Å²) in [6, 6.07) is 14.8. The van der Waals surface area contributed by atoms with Crippen molar-refractivity contribution < 1.29 is 9.59 Å². The van der Waals surface area contributed by atoms with Crippen LogP contribution in [0.4, 0.5) is 0 Å². The minimum Gasteiger partial charge on any atom is -0.355 e. The number of nitrogens with zero attached hydrogens (tertiary/aromatic N) is 2. The number of carbonyl (C=O) groups is 2. The van der Waals surface area contributed by atoms with Gasteiger partial charge in [-0.2, -0.15) is 5.26 Å². The molecule has 5 nitrogen and oxygen atoms in total. The van der Waals surface area contributed by atoms with Crippen LogP contribution in [0, 0.1) is 24.2 Å². The number of aryl methyl sites for hydroxylation is 1. The Morgan fingerprint density at radius 3 is 2.50 bits per heavy atom. The summed E-state index contributed by atoms with van der Waals surface area (Å²) in [7, 11) is 0. The van der Waals surface area contributed by atoms with Gasteiger partial charge in [-0.1, -0.05) is 37.3 Å². The van der Waals surface area contributed by atoms with Crippen molar-refractivity contribution in [3.63, 3.8) is 0 Å². The molecule has 0 spiro atoms. The van der Waals surface area contributed by atoms with E-state index in [1.54, 1.807) is 25.1 Å². The SMILES string of the molecule is CCCNC(=O)[C@H](C#N)C(=O)c1ccc(-c2ccccc2)nc1C. The number of amides is 1. The summed E-state index contributed by atoms with van der Waals surface area (Å²) in [5.74, 6) is -2.42. The molecule has 1 atom stereocenters. The Bertz CT molecular complexity index is 779. The summed E-state index contributed by atoms with van der Waals surface area (Å²) in [5, 5.41) is 11.8. The second-order valence-electron chi connectivity index (χ2n) is 5.41. The van der Waals surface area contributed by atoms with Gasteiger partial charge in [-0.25, -0.2) is 0 Å². The molecule has 2 aromatic rings. The number of pyridine rings is 1. The molecule has 24 heavy (non-hydrogen) atoms. The lowest BCUT2D eigenvalue weighted by Gasteiger charge is -2.11. The highest BCUT2D eigenvalue weighted by Crippen LogP contribution is 2.20. The highest BCUT2D eigenvalue weighted by Gasteiger charge is 2.28. The van der Waals surface area contributed by atoms with Crippen LogP contribution in [0.1, 0.15) is 29.4 Å². The molecular weight excluding hydrogens is 302 g/mol. The molecule has 0 aliphatic rings. The molecule has 122 valence electrons. The van der Waals surface area contributed by atoms with Gasteiger partial charge in [0.25, 0.3) is 0 Å². The molecule has 5 heteroatoms. The standard InChI is InChI=1S/C19H19N3O2/c1-3-11-21-19(24)16(12-20)18(23)15-9-10-17(22-13(15)2)14-7-5-4-6-8-14/h4-10,16H,3,11H2,1-2H3,(H,21,24)/t16-/m1/s1. The predicted molar refractivity (Wildman–Crippen MR) is 91.1 cm³/mol. The quantitative estimate of drug-likeness (QED) is 0.655. The summed E-state index contributed by atoms with van der Waals surface area (Å²) < 4.78 is 0. The maximum absolute atomic E-state index is 12.5. The Labute approximate surface area is 141 Å². The largest absolute Gasteiger partial charge is 0.355 e. The number of aromatic nitrogens is 1. The third-order valence-electron chi connectivity index (χ3n) is 3.62. The number of hydrogen-bond acceptors (Lipinski definition) is 4. The zero-order valence-electron chi connectivity index (χ0n) is 13.7. The van der Waals surface area contributed by atoms with Crippen LogP contribution in [0.15, 0.2) is 42.5 Å². The van der Waals surface area contributed by atoms with Crippen molar-refractivity contribution in [2.24, 2.45) is 5.92 Å². The molecule has 2 rings (SSSR count). The summed E-state index contributed by atoms with van der Waals surface area (Å²) in [6.45, 7) is 4.05. The summed E-state index contributed by atoms with van der Waals surface area (Å²) >= 11 is 0. The summed E-state index contributed by atoms with van der Waals surface area (Å²) in [6.07, 6.45) is 0.741. The van der Waals surface area contributed by atoms with Gasteiger partial charge < -0.3 is 5.32 Å². The fourth-order valence-electron chi connectivity index (χ4n) is 2.33. The van der Waals surface area contributed by atoms with Gasteiger partial charge in [0.2, 0.25) is 5.91 Å². The van der Waals surface area contributed by atoms with Gasteiger partial charge >= 0.3 is 0 Å². The molecule has 1 heterocycles. The first kappa shape index (κ1) is 17.4. The number of hydrogen-bond donors (Lipinski definition) is 1. The smallest absolute Gasteiger partial charge is 0.245 e. The van der Waals surface area contributed by atoms with E-state index in [0.717, 1.165) is 17.7 Å². The van der Waals surface area contributed by atoms with Crippen molar-refractivity contribution in [1.29, 1.82) is 5.26 Å². The van der Waals surface area contributed by atoms with Crippen LogP contribution in [0.3, 0.4) is 0 Å². The molecule has 0 saturated carbocycles. The Balaban J connectivity index is 2.27. The van der Waals surface area contributed by atoms with E-state index in [9.17, 15) is 14.9 Å². The number of benzene rings is 1. The average molecular weight is 321 g/mol. The Hall–Kier alpha value is -3.00. The molecule has 0 aliphatic carbocycles. The van der Waals surface area contributed by atoms with Crippen LogP contribution in [-0.2, 0) is 4.79 Å². The molecule has 0 fully saturated rings.